The van der Waals surface area contributed by atoms with Gasteiger partial charge in [-0.25, -0.2) is 0 Å². The number of thiocarbonyl (C=S) groups is 1. The van der Waals surface area contributed by atoms with E-state index in [-0.39, 0.29) is 5.11 Å². The van der Waals surface area contributed by atoms with Gasteiger partial charge in [0.25, 0.3) is 5.91 Å². The number of carbonyl (C=O) groups is 2. The third-order valence-electron chi connectivity index (χ3n) is 4.84. The number of benzene rings is 1. The number of nitrogens with one attached hydrogen (secondary N) is 2. The van der Waals surface area contributed by atoms with Crippen molar-refractivity contribution in [3.8, 4) is 11.5 Å². The predicted octanol–water partition coefficient (Wildman–Crippen LogP) is 0.0437. The molecule has 156 valence electrons. The molecule has 10 heteroatoms. The third-order valence-corrected chi connectivity index (χ3v) is 5.12. The van der Waals surface area contributed by atoms with E-state index in [0.717, 1.165) is 32.7 Å². The van der Waals surface area contributed by atoms with Gasteiger partial charge in [0, 0.05) is 45.0 Å². The molecule has 0 unspecified atom stereocenters. The second-order valence-electron chi connectivity index (χ2n) is 6.63. The van der Waals surface area contributed by atoms with Crippen LogP contribution in [0.4, 0.5) is 5.69 Å². The maximum atomic E-state index is 13.1. The Hall–Kier alpha value is -2.56. The minimum absolute atomic E-state index is 0.00276. The zero-order chi connectivity index (χ0) is 20.8. The lowest BCUT2D eigenvalue weighted by Crippen LogP contribution is -2.58. The average Bonchev–Trinajstić information content (AvgIpc) is 2.73. The van der Waals surface area contributed by atoms with Crippen molar-refractivity contribution in [1.29, 1.82) is 0 Å². The SMILES string of the molecule is COc1ccc(OC)c(N2C(=O)[C@H](C=NCCN3CCNCC3)C(=O)NC2=S)c1. The van der Waals surface area contributed by atoms with Crippen molar-refractivity contribution < 1.29 is 19.1 Å². The Kier molecular flexibility index (Phi) is 7.13. The Morgan fingerprint density at radius 2 is 2.00 bits per heavy atom. The number of methoxy groups -OCH3 is 2. The number of rotatable bonds is 7. The molecular formula is C19H25N5O4S. The molecule has 1 aromatic rings. The highest BCUT2D eigenvalue weighted by atomic mass is 32.1. The Labute approximate surface area is 175 Å². The van der Waals surface area contributed by atoms with Crippen LogP contribution in [0, 0.1) is 5.92 Å². The molecule has 2 N–H and O–H groups in total. The van der Waals surface area contributed by atoms with Gasteiger partial charge in [-0.3, -0.25) is 24.4 Å². The fourth-order valence-electron chi connectivity index (χ4n) is 3.24. The van der Waals surface area contributed by atoms with Gasteiger partial charge in [0.2, 0.25) is 5.91 Å². The molecule has 0 spiro atoms. The Balaban J connectivity index is 1.75. The Morgan fingerprint density at radius 1 is 1.24 bits per heavy atom. The van der Waals surface area contributed by atoms with E-state index in [4.69, 9.17) is 21.7 Å². The number of anilines is 1. The molecule has 2 fully saturated rings. The van der Waals surface area contributed by atoms with E-state index in [1.54, 1.807) is 18.2 Å². The average molecular weight is 420 g/mol. The molecule has 3 rings (SSSR count). The monoisotopic (exact) mass is 419 g/mol. The second-order valence-corrected chi connectivity index (χ2v) is 7.02. The summed E-state index contributed by atoms with van der Waals surface area (Å²) in [6, 6.07) is 5.03. The summed E-state index contributed by atoms with van der Waals surface area (Å²) in [6.45, 7) is 5.16. The van der Waals surface area contributed by atoms with Gasteiger partial charge < -0.3 is 20.1 Å². The van der Waals surface area contributed by atoms with Crippen LogP contribution in [0.25, 0.3) is 0 Å². The molecule has 2 saturated heterocycles. The third kappa shape index (κ3) is 4.89. The van der Waals surface area contributed by atoms with E-state index in [0.29, 0.717) is 23.7 Å². The number of aliphatic imine (C=N–C) groups is 1. The standard InChI is InChI=1S/C19H25N5O4S/c1-27-13-3-4-16(28-2)15(11-13)24-18(26)14(17(25)22-19(24)29)12-21-7-10-23-8-5-20-6-9-23/h3-4,11-12,14,20H,5-10H2,1-2H3,(H,22,25,29)/t14-/m1/s1. The van der Waals surface area contributed by atoms with Crippen LogP contribution in [-0.2, 0) is 9.59 Å². The zero-order valence-electron chi connectivity index (χ0n) is 16.5. The summed E-state index contributed by atoms with van der Waals surface area (Å²) >= 11 is 5.24. The highest BCUT2D eigenvalue weighted by molar-refractivity contribution is 7.80. The quantitative estimate of drug-likeness (QED) is 0.366. The Bertz CT molecular complexity index is 810. The Morgan fingerprint density at radius 3 is 2.69 bits per heavy atom. The molecule has 2 aliphatic heterocycles. The molecule has 0 aromatic heterocycles. The van der Waals surface area contributed by atoms with Crippen molar-refractivity contribution in [2.24, 2.45) is 10.9 Å². The van der Waals surface area contributed by atoms with Gasteiger partial charge in [0.05, 0.1) is 26.5 Å². The van der Waals surface area contributed by atoms with Gasteiger partial charge in [-0.1, -0.05) is 0 Å². The zero-order valence-corrected chi connectivity index (χ0v) is 17.3. The second kappa shape index (κ2) is 9.77. The van der Waals surface area contributed by atoms with Crippen molar-refractivity contribution in [2.45, 2.75) is 0 Å². The van der Waals surface area contributed by atoms with Crippen LogP contribution in [0.1, 0.15) is 0 Å². The van der Waals surface area contributed by atoms with Crippen molar-refractivity contribution in [3.63, 3.8) is 0 Å². The molecule has 9 nitrogen and oxygen atoms in total. The number of carbonyl (C=O) groups excluding carboxylic acids is 2. The van der Waals surface area contributed by atoms with Gasteiger partial charge >= 0.3 is 0 Å². The summed E-state index contributed by atoms with van der Waals surface area (Å²) < 4.78 is 10.6. The lowest BCUT2D eigenvalue weighted by atomic mass is 10.1. The van der Waals surface area contributed by atoms with Crippen LogP contribution >= 0.6 is 12.2 Å². The first-order chi connectivity index (χ1) is 14.0. The molecule has 2 amide bonds. The first-order valence-corrected chi connectivity index (χ1v) is 9.80. The highest BCUT2D eigenvalue weighted by Gasteiger charge is 2.39. The number of piperazine rings is 1. The van der Waals surface area contributed by atoms with Crippen LogP contribution in [0.2, 0.25) is 0 Å². The summed E-state index contributed by atoms with van der Waals surface area (Å²) in [5.74, 6) is -1.04. The van der Waals surface area contributed by atoms with Crippen molar-refractivity contribution in [2.75, 3.05) is 58.4 Å². The summed E-state index contributed by atoms with van der Waals surface area (Å²) in [6.07, 6.45) is 1.40. The predicted molar refractivity (Wildman–Crippen MR) is 114 cm³/mol. The van der Waals surface area contributed by atoms with Gasteiger partial charge in [-0.2, -0.15) is 0 Å². The van der Waals surface area contributed by atoms with Crippen LogP contribution < -0.4 is 25.0 Å². The fraction of sp³-hybridized carbons (Fsp3) is 0.474. The molecule has 1 aromatic carbocycles. The van der Waals surface area contributed by atoms with Crippen LogP contribution in [0.5, 0.6) is 11.5 Å². The number of nitrogens with zero attached hydrogens (tertiary/aromatic N) is 3. The van der Waals surface area contributed by atoms with Crippen LogP contribution in [0.3, 0.4) is 0 Å². The first-order valence-electron chi connectivity index (χ1n) is 9.39. The van der Waals surface area contributed by atoms with Crippen molar-refractivity contribution >= 4 is 41.0 Å². The molecule has 0 aliphatic carbocycles. The van der Waals surface area contributed by atoms with E-state index in [9.17, 15) is 9.59 Å². The van der Waals surface area contributed by atoms with Gasteiger partial charge in [0.1, 0.15) is 11.5 Å². The summed E-state index contributed by atoms with van der Waals surface area (Å²) in [7, 11) is 3.02. The van der Waals surface area contributed by atoms with Crippen LogP contribution in [-0.4, -0.2) is 81.5 Å². The van der Waals surface area contributed by atoms with E-state index >= 15 is 0 Å². The molecular weight excluding hydrogens is 394 g/mol. The molecule has 2 aliphatic rings. The lowest BCUT2D eigenvalue weighted by Gasteiger charge is -2.32. The summed E-state index contributed by atoms with van der Waals surface area (Å²) in [4.78, 5) is 33.3. The molecule has 29 heavy (non-hydrogen) atoms. The minimum Gasteiger partial charge on any atom is -0.497 e. The molecule has 0 radical (unpaired) electrons. The summed E-state index contributed by atoms with van der Waals surface area (Å²) in [5.41, 5.74) is 0.404. The number of ether oxygens (including phenoxy) is 2. The fourth-order valence-corrected chi connectivity index (χ4v) is 3.52. The molecule has 0 bridgehead atoms. The molecule has 1 atom stereocenters. The van der Waals surface area contributed by atoms with Gasteiger partial charge in [-0.05, 0) is 24.4 Å². The van der Waals surface area contributed by atoms with Crippen molar-refractivity contribution in [1.82, 2.24) is 15.5 Å². The highest BCUT2D eigenvalue weighted by Crippen LogP contribution is 2.34. The number of amides is 2. The normalized spacial score (nSPS) is 20.8. The molecule has 0 saturated carbocycles. The van der Waals surface area contributed by atoms with E-state index < -0.39 is 17.7 Å². The smallest absolute Gasteiger partial charge is 0.251 e. The largest absolute Gasteiger partial charge is 0.497 e. The first kappa shape index (κ1) is 21.2. The van der Waals surface area contributed by atoms with E-state index in [1.165, 1.54) is 25.3 Å². The van der Waals surface area contributed by atoms with Crippen LogP contribution in [0.15, 0.2) is 23.2 Å². The topological polar surface area (TPSA) is 95.5 Å². The summed E-state index contributed by atoms with van der Waals surface area (Å²) in [5, 5.41) is 5.87. The molecule has 2 heterocycles. The number of hydrogen-bond acceptors (Lipinski definition) is 8. The van der Waals surface area contributed by atoms with Gasteiger partial charge in [0.15, 0.2) is 11.0 Å². The van der Waals surface area contributed by atoms with E-state index in [1.807, 2.05) is 0 Å². The maximum absolute atomic E-state index is 13.1. The number of hydrogen-bond donors (Lipinski definition) is 2. The lowest BCUT2D eigenvalue weighted by molar-refractivity contribution is -0.130. The van der Waals surface area contributed by atoms with Crippen molar-refractivity contribution in [3.05, 3.63) is 18.2 Å². The van der Waals surface area contributed by atoms with Gasteiger partial charge in [-0.15, -0.1) is 0 Å². The minimum atomic E-state index is -1.05. The maximum Gasteiger partial charge on any atom is 0.251 e. The van der Waals surface area contributed by atoms with E-state index in [2.05, 4.69) is 20.5 Å².